The number of nitrogens with zero attached hydrogens (tertiary/aromatic N) is 2. The highest BCUT2D eigenvalue weighted by Crippen LogP contribution is 2.16. The van der Waals surface area contributed by atoms with Gasteiger partial charge in [0.25, 0.3) is 5.91 Å². The minimum Gasteiger partial charge on any atom is -0.456 e. The van der Waals surface area contributed by atoms with Gasteiger partial charge in [-0.3, -0.25) is 9.59 Å². The second kappa shape index (κ2) is 9.41. The summed E-state index contributed by atoms with van der Waals surface area (Å²) in [6.07, 6.45) is 2.46. The van der Waals surface area contributed by atoms with Crippen LogP contribution < -0.4 is 0 Å². The molecule has 2 aromatic carbocycles. The molecule has 0 saturated heterocycles. The van der Waals surface area contributed by atoms with E-state index in [1.165, 1.54) is 4.90 Å². The quantitative estimate of drug-likeness (QED) is 0.426. The molecule has 7 heteroatoms. The van der Waals surface area contributed by atoms with Crippen LogP contribution in [0.3, 0.4) is 0 Å². The van der Waals surface area contributed by atoms with Gasteiger partial charge in [-0.05, 0) is 36.1 Å². The van der Waals surface area contributed by atoms with Crippen LogP contribution in [0, 0.1) is 0 Å². The first-order chi connectivity index (χ1) is 13.5. The Balaban J connectivity index is 1.42. The predicted molar refractivity (Wildman–Crippen MR) is 108 cm³/mol. The number of amides is 1. The number of benzene rings is 2. The minimum atomic E-state index is -0.451. The summed E-state index contributed by atoms with van der Waals surface area (Å²) >= 11 is 1.67. The van der Waals surface area contributed by atoms with E-state index in [2.05, 4.69) is 4.98 Å². The van der Waals surface area contributed by atoms with Crippen LogP contribution in [0.15, 0.2) is 57.8 Å². The van der Waals surface area contributed by atoms with E-state index in [0.29, 0.717) is 24.4 Å². The summed E-state index contributed by atoms with van der Waals surface area (Å²) < 4.78 is 10.7. The number of thioether (sulfide) groups is 1. The molecule has 1 heterocycles. The van der Waals surface area contributed by atoms with Crippen LogP contribution in [0.5, 0.6) is 0 Å². The van der Waals surface area contributed by atoms with Gasteiger partial charge >= 0.3 is 5.97 Å². The fourth-order valence-corrected chi connectivity index (χ4v) is 3.06. The lowest BCUT2D eigenvalue weighted by Gasteiger charge is -2.17. The van der Waals surface area contributed by atoms with Crippen LogP contribution in [-0.2, 0) is 27.3 Å². The second-order valence-corrected chi connectivity index (χ2v) is 7.21. The molecule has 0 aliphatic rings. The third-order valence-corrected chi connectivity index (χ3v) is 4.99. The first kappa shape index (κ1) is 19.9. The van der Waals surface area contributed by atoms with E-state index in [1.807, 2.05) is 54.8 Å². The fraction of sp³-hybridized carbons (Fsp3) is 0.286. The van der Waals surface area contributed by atoms with E-state index in [9.17, 15) is 9.59 Å². The van der Waals surface area contributed by atoms with Crippen molar-refractivity contribution in [2.45, 2.75) is 24.3 Å². The number of rotatable bonds is 8. The maximum absolute atomic E-state index is 12.2. The molecule has 146 valence electrons. The lowest BCUT2D eigenvalue weighted by Crippen LogP contribution is -2.30. The van der Waals surface area contributed by atoms with Gasteiger partial charge in [0.15, 0.2) is 18.1 Å². The Morgan fingerprint density at radius 2 is 1.89 bits per heavy atom. The number of aryl methyl sites for hydroxylation is 1. The number of fused-ring (bicyclic) bond motifs is 1. The molecule has 0 radical (unpaired) electrons. The fourth-order valence-electron chi connectivity index (χ4n) is 2.65. The number of carbonyl (C=O) groups is 2. The van der Waals surface area contributed by atoms with Crippen LogP contribution >= 0.6 is 11.8 Å². The zero-order chi connectivity index (χ0) is 19.9. The Labute approximate surface area is 167 Å². The first-order valence-electron chi connectivity index (χ1n) is 8.92. The number of hydrogen-bond acceptors (Lipinski definition) is 6. The second-order valence-electron chi connectivity index (χ2n) is 6.33. The third kappa shape index (κ3) is 5.36. The van der Waals surface area contributed by atoms with Crippen molar-refractivity contribution in [1.82, 2.24) is 9.88 Å². The van der Waals surface area contributed by atoms with Crippen molar-refractivity contribution in [3.63, 3.8) is 0 Å². The van der Waals surface area contributed by atoms with Gasteiger partial charge in [0.1, 0.15) is 5.52 Å². The third-order valence-electron chi connectivity index (χ3n) is 4.24. The van der Waals surface area contributed by atoms with Crippen LogP contribution in [0.25, 0.3) is 11.1 Å². The SMILES string of the molecule is CSc1ccc(CN(C)C(=O)COC(=O)CCc2nc3ccccc3o2)cc1. The highest BCUT2D eigenvalue weighted by atomic mass is 32.2. The average Bonchev–Trinajstić information content (AvgIpc) is 3.14. The number of aromatic nitrogens is 1. The van der Waals surface area contributed by atoms with Gasteiger partial charge in [-0.2, -0.15) is 0 Å². The van der Waals surface area contributed by atoms with Crippen LogP contribution in [0.1, 0.15) is 17.9 Å². The molecule has 0 unspecified atom stereocenters. The molecule has 3 aromatic rings. The van der Waals surface area contributed by atoms with Gasteiger partial charge < -0.3 is 14.1 Å². The Hall–Kier alpha value is -2.80. The molecule has 0 aliphatic heterocycles. The molecular formula is C21H22N2O4S. The Kier molecular flexibility index (Phi) is 6.71. The molecule has 0 N–H and O–H groups in total. The molecule has 28 heavy (non-hydrogen) atoms. The van der Waals surface area contributed by atoms with Crippen molar-refractivity contribution in [3.8, 4) is 0 Å². The molecular weight excluding hydrogens is 376 g/mol. The number of ether oxygens (including phenoxy) is 1. The van der Waals surface area contributed by atoms with Crippen molar-refractivity contribution >= 4 is 34.7 Å². The van der Waals surface area contributed by atoms with E-state index in [4.69, 9.17) is 9.15 Å². The molecule has 1 amide bonds. The Morgan fingerprint density at radius 1 is 1.14 bits per heavy atom. The highest BCUT2D eigenvalue weighted by Gasteiger charge is 2.14. The molecule has 3 rings (SSSR count). The summed E-state index contributed by atoms with van der Waals surface area (Å²) in [5.74, 6) is -0.215. The summed E-state index contributed by atoms with van der Waals surface area (Å²) in [6, 6.07) is 15.4. The lowest BCUT2D eigenvalue weighted by molar-refractivity contribution is -0.151. The predicted octanol–water partition coefficient (Wildman–Crippen LogP) is 3.68. The maximum Gasteiger partial charge on any atom is 0.306 e. The minimum absolute atomic E-state index is 0.111. The van der Waals surface area contributed by atoms with Gasteiger partial charge in [0, 0.05) is 24.9 Å². The Morgan fingerprint density at radius 3 is 2.61 bits per heavy atom. The molecule has 0 saturated carbocycles. The van der Waals surface area contributed by atoms with Crippen molar-refractivity contribution in [2.75, 3.05) is 19.9 Å². The van der Waals surface area contributed by atoms with Crippen molar-refractivity contribution < 1.29 is 18.7 Å². The van der Waals surface area contributed by atoms with Crippen LogP contribution in [-0.4, -0.2) is 41.7 Å². The summed E-state index contributed by atoms with van der Waals surface area (Å²) in [4.78, 5) is 31.1. The van der Waals surface area contributed by atoms with E-state index in [1.54, 1.807) is 23.7 Å². The normalized spacial score (nSPS) is 10.8. The van der Waals surface area contributed by atoms with Crippen molar-refractivity contribution in [1.29, 1.82) is 0 Å². The lowest BCUT2D eigenvalue weighted by atomic mass is 10.2. The highest BCUT2D eigenvalue weighted by molar-refractivity contribution is 7.98. The first-order valence-corrected chi connectivity index (χ1v) is 10.1. The zero-order valence-corrected chi connectivity index (χ0v) is 16.7. The molecule has 1 aromatic heterocycles. The summed E-state index contributed by atoms with van der Waals surface area (Å²) in [5, 5.41) is 0. The van der Waals surface area contributed by atoms with Gasteiger partial charge in [0.2, 0.25) is 0 Å². The average molecular weight is 398 g/mol. The summed E-state index contributed by atoms with van der Waals surface area (Å²) in [5.41, 5.74) is 2.47. The summed E-state index contributed by atoms with van der Waals surface area (Å²) in [6.45, 7) is 0.194. The van der Waals surface area contributed by atoms with E-state index in [0.717, 1.165) is 11.1 Å². The number of likely N-dealkylation sites (N-methyl/N-ethyl adjacent to an activating group) is 1. The molecule has 0 spiro atoms. The van der Waals surface area contributed by atoms with Gasteiger partial charge in [-0.1, -0.05) is 24.3 Å². The number of hydrogen-bond donors (Lipinski definition) is 0. The number of esters is 1. The number of oxazole rings is 1. The van der Waals surface area contributed by atoms with Crippen LogP contribution in [0.4, 0.5) is 0 Å². The number of carbonyl (C=O) groups excluding carboxylic acids is 2. The molecule has 0 aliphatic carbocycles. The molecule has 6 nitrogen and oxygen atoms in total. The zero-order valence-electron chi connectivity index (χ0n) is 15.9. The van der Waals surface area contributed by atoms with Gasteiger partial charge in [0.05, 0.1) is 6.42 Å². The van der Waals surface area contributed by atoms with Crippen LogP contribution in [0.2, 0.25) is 0 Å². The smallest absolute Gasteiger partial charge is 0.306 e. The monoisotopic (exact) mass is 398 g/mol. The number of para-hydroxylation sites is 2. The Bertz CT molecular complexity index is 919. The van der Waals surface area contributed by atoms with E-state index in [-0.39, 0.29) is 18.9 Å². The topological polar surface area (TPSA) is 72.6 Å². The van der Waals surface area contributed by atoms with E-state index >= 15 is 0 Å². The van der Waals surface area contributed by atoms with Gasteiger partial charge in [-0.25, -0.2) is 4.98 Å². The molecule has 0 atom stereocenters. The van der Waals surface area contributed by atoms with E-state index < -0.39 is 5.97 Å². The molecule has 0 fully saturated rings. The summed E-state index contributed by atoms with van der Waals surface area (Å²) in [7, 11) is 1.69. The standard InChI is InChI=1S/C21H22N2O4S/c1-23(13-15-7-9-16(28-2)10-8-15)20(24)14-26-21(25)12-11-19-22-17-5-3-4-6-18(17)27-19/h3-10H,11-14H2,1-2H3. The van der Waals surface area contributed by atoms with Crippen molar-refractivity contribution in [3.05, 3.63) is 60.0 Å². The van der Waals surface area contributed by atoms with Gasteiger partial charge in [-0.15, -0.1) is 11.8 Å². The van der Waals surface area contributed by atoms with Crippen molar-refractivity contribution in [2.24, 2.45) is 0 Å². The molecule has 0 bridgehead atoms. The largest absolute Gasteiger partial charge is 0.456 e. The maximum atomic E-state index is 12.2.